The zero-order valence-electron chi connectivity index (χ0n) is 15.3. The number of nitrogen functional groups attached to an aromatic ring is 1. The molecule has 2 N–H and O–H groups in total. The van der Waals surface area contributed by atoms with E-state index in [0.717, 1.165) is 38.9 Å². The van der Waals surface area contributed by atoms with Gasteiger partial charge in [0, 0.05) is 49.1 Å². The highest BCUT2D eigenvalue weighted by Crippen LogP contribution is 2.40. The minimum atomic E-state index is 0.0123. The van der Waals surface area contributed by atoms with E-state index in [0.29, 0.717) is 25.1 Å². The summed E-state index contributed by atoms with van der Waals surface area (Å²) in [7, 11) is 0. The number of aromatic nitrogens is 2. The van der Waals surface area contributed by atoms with Gasteiger partial charge < -0.3 is 10.6 Å². The molecule has 0 radical (unpaired) electrons. The predicted molar refractivity (Wildman–Crippen MR) is 104 cm³/mol. The first-order chi connectivity index (χ1) is 13.0. The van der Waals surface area contributed by atoms with Gasteiger partial charge in [-0.25, -0.2) is 4.98 Å². The fourth-order valence-electron chi connectivity index (χ4n) is 3.83. The van der Waals surface area contributed by atoms with Crippen molar-refractivity contribution in [3.8, 4) is 17.2 Å². The third-order valence-corrected chi connectivity index (χ3v) is 5.18. The van der Waals surface area contributed by atoms with Crippen LogP contribution in [0.5, 0.6) is 0 Å². The number of carbonyl (C=O) groups is 1. The number of nitriles is 1. The molecule has 1 aromatic carbocycles. The maximum atomic E-state index is 12.0. The summed E-state index contributed by atoms with van der Waals surface area (Å²) in [6.45, 7) is 4.61. The molecule has 0 fully saturated rings. The lowest BCUT2D eigenvalue weighted by Crippen LogP contribution is -2.35. The van der Waals surface area contributed by atoms with Gasteiger partial charge in [-0.05, 0) is 30.2 Å². The smallest absolute Gasteiger partial charge is 0.219 e. The van der Waals surface area contributed by atoms with Crippen molar-refractivity contribution in [2.24, 2.45) is 0 Å². The fourth-order valence-corrected chi connectivity index (χ4v) is 3.83. The van der Waals surface area contributed by atoms with Crippen molar-refractivity contribution in [3.63, 3.8) is 0 Å². The van der Waals surface area contributed by atoms with E-state index in [1.807, 2.05) is 31.2 Å². The van der Waals surface area contributed by atoms with E-state index in [1.165, 1.54) is 0 Å². The molecule has 0 atom stereocenters. The molecular formula is C21H19N5O. The molecular weight excluding hydrogens is 338 g/mol. The Morgan fingerprint density at radius 1 is 1.30 bits per heavy atom. The molecule has 3 heterocycles. The molecule has 1 aliphatic rings. The van der Waals surface area contributed by atoms with Crippen LogP contribution in [0.25, 0.3) is 22.0 Å². The van der Waals surface area contributed by atoms with Crippen molar-refractivity contribution in [3.05, 3.63) is 52.8 Å². The molecule has 3 aromatic rings. The van der Waals surface area contributed by atoms with Gasteiger partial charge in [-0.3, -0.25) is 9.78 Å². The van der Waals surface area contributed by atoms with Crippen LogP contribution >= 0.6 is 0 Å². The predicted octanol–water partition coefficient (Wildman–Crippen LogP) is 2.96. The molecule has 4 rings (SSSR count). The first-order valence-corrected chi connectivity index (χ1v) is 8.82. The lowest BCUT2D eigenvalue weighted by molar-refractivity contribution is -0.129. The van der Waals surface area contributed by atoms with E-state index >= 15 is 0 Å². The minimum absolute atomic E-state index is 0.0123. The van der Waals surface area contributed by atoms with Crippen molar-refractivity contribution in [1.82, 2.24) is 14.9 Å². The van der Waals surface area contributed by atoms with Crippen LogP contribution in [0, 0.1) is 18.3 Å². The van der Waals surface area contributed by atoms with Crippen LogP contribution in [0.15, 0.2) is 30.5 Å². The fraction of sp³-hybridized carbons (Fsp3) is 0.238. The highest BCUT2D eigenvalue weighted by molar-refractivity contribution is 5.99. The van der Waals surface area contributed by atoms with Gasteiger partial charge in [0.1, 0.15) is 17.5 Å². The summed E-state index contributed by atoms with van der Waals surface area (Å²) < 4.78 is 0. The largest absolute Gasteiger partial charge is 0.383 e. The Bertz CT molecular complexity index is 1130. The molecule has 0 spiro atoms. The highest BCUT2D eigenvalue weighted by Gasteiger charge is 2.27. The van der Waals surface area contributed by atoms with E-state index in [-0.39, 0.29) is 11.7 Å². The molecule has 0 unspecified atom stereocenters. The van der Waals surface area contributed by atoms with Gasteiger partial charge in [0.05, 0.1) is 11.2 Å². The zero-order valence-corrected chi connectivity index (χ0v) is 15.3. The Labute approximate surface area is 157 Å². The second-order valence-electron chi connectivity index (χ2n) is 6.80. The van der Waals surface area contributed by atoms with Gasteiger partial charge in [0.15, 0.2) is 0 Å². The van der Waals surface area contributed by atoms with E-state index in [9.17, 15) is 10.1 Å². The van der Waals surface area contributed by atoms with Crippen LogP contribution in [0.3, 0.4) is 0 Å². The number of benzene rings is 1. The van der Waals surface area contributed by atoms with Gasteiger partial charge in [-0.1, -0.05) is 12.1 Å². The summed E-state index contributed by atoms with van der Waals surface area (Å²) in [6, 6.07) is 10.1. The molecule has 6 nitrogen and oxygen atoms in total. The summed E-state index contributed by atoms with van der Waals surface area (Å²) in [6.07, 6.45) is 2.38. The second-order valence-corrected chi connectivity index (χ2v) is 6.80. The molecule has 0 aliphatic carbocycles. The highest BCUT2D eigenvalue weighted by atomic mass is 16.2. The molecule has 0 saturated heterocycles. The third-order valence-electron chi connectivity index (χ3n) is 5.18. The van der Waals surface area contributed by atoms with Crippen LogP contribution < -0.4 is 5.73 Å². The Morgan fingerprint density at radius 2 is 2.11 bits per heavy atom. The van der Waals surface area contributed by atoms with Crippen LogP contribution in [-0.2, 0) is 17.8 Å². The number of amides is 1. The van der Waals surface area contributed by atoms with Gasteiger partial charge in [-0.15, -0.1) is 0 Å². The molecule has 27 heavy (non-hydrogen) atoms. The maximum absolute atomic E-state index is 12.0. The van der Waals surface area contributed by atoms with Gasteiger partial charge in [-0.2, -0.15) is 5.26 Å². The van der Waals surface area contributed by atoms with E-state index in [2.05, 4.69) is 16.0 Å². The zero-order chi connectivity index (χ0) is 19.1. The first kappa shape index (κ1) is 17.0. The summed E-state index contributed by atoms with van der Waals surface area (Å²) in [5.41, 5.74) is 11.9. The Kier molecular flexibility index (Phi) is 4.00. The summed E-state index contributed by atoms with van der Waals surface area (Å²) in [5, 5.41) is 10.8. The molecule has 1 amide bonds. The summed E-state index contributed by atoms with van der Waals surface area (Å²) >= 11 is 0. The van der Waals surface area contributed by atoms with Crippen molar-refractivity contribution in [2.75, 3.05) is 12.3 Å². The van der Waals surface area contributed by atoms with E-state index < -0.39 is 0 Å². The number of hydrogen-bond donors (Lipinski definition) is 1. The number of carbonyl (C=O) groups excluding carboxylic acids is 1. The van der Waals surface area contributed by atoms with Crippen molar-refractivity contribution >= 4 is 22.6 Å². The summed E-state index contributed by atoms with van der Waals surface area (Å²) in [4.78, 5) is 22.7. The molecule has 1 aliphatic heterocycles. The number of anilines is 1. The first-order valence-electron chi connectivity index (χ1n) is 8.82. The topological polar surface area (TPSA) is 95.9 Å². The van der Waals surface area contributed by atoms with Gasteiger partial charge >= 0.3 is 0 Å². The molecule has 0 saturated carbocycles. The lowest BCUT2D eigenvalue weighted by atomic mass is 9.87. The number of nitrogens with two attached hydrogens (primary N) is 1. The standard InChI is InChI=1S/C21H19N5O/c1-12-5-6-17-14(4-3-8-24-17)19(12)20-15(10-22)21(23)25-18-7-9-26(13(2)27)11-16(18)20/h3-6,8H,7,9,11H2,1-2H3,(H2,23,25). The quantitative estimate of drug-likeness (QED) is 0.722. The van der Waals surface area contributed by atoms with Gasteiger partial charge in [0.25, 0.3) is 0 Å². The molecule has 2 aromatic heterocycles. The van der Waals surface area contributed by atoms with E-state index in [4.69, 9.17) is 5.73 Å². The number of fused-ring (bicyclic) bond motifs is 2. The number of hydrogen-bond acceptors (Lipinski definition) is 5. The average molecular weight is 357 g/mol. The summed E-state index contributed by atoms with van der Waals surface area (Å²) in [5.74, 6) is 0.251. The minimum Gasteiger partial charge on any atom is -0.383 e. The van der Waals surface area contributed by atoms with Crippen molar-refractivity contribution in [2.45, 2.75) is 26.8 Å². The number of rotatable bonds is 1. The monoisotopic (exact) mass is 357 g/mol. The van der Waals surface area contributed by atoms with Crippen LogP contribution in [-0.4, -0.2) is 27.3 Å². The Hall–Kier alpha value is -3.46. The van der Waals surface area contributed by atoms with Crippen LogP contribution in [0.1, 0.15) is 29.3 Å². The van der Waals surface area contributed by atoms with Crippen molar-refractivity contribution in [1.29, 1.82) is 5.26 Å². The Morgan fingerprint density at radius 3 is 2.85 bits per heavy atom. The van der Waals surface area contributed by atoms with Crippen LogP contribution in [0.2, 0.25) is 0 Å². The number of nitrogens with zero attached hydrogens (tertiary/aromatic N) is 4. The number of pyridine rings is 2. The normalized spacial score (nSPS) is 13.3. The van der Waals surface area contributed by atoms with Gasteiger partial charge in [0.2, 0.25) is 5.91 Å². The maximum Gasteiger partial charge on any atom is 0.219 e. The average Bonchev–Trinajstić information content (AvgIpc) is 2.67. The molecule has 0 bridgehead atoms. The molecule has 6 heteroatoms. The lowest BCUT2D eigenvalue weighted by Gasteiger charge is -2.30. The Balaban J connectivity index is 2.10. The molecule has 134 valence electrons. The third kappa shape index (κ3) is 2.68. The number of aryl methyl sites for hydroxylation is 1. The van der Waals surface area contributed by atoms with E-state index in [1.54, 1.807) is 18.0 Å². The second kappa shape index (κ2) is 6.36. The van der Waals surface area contributed by atoms with Crippen LogP contribution in [0.4, 0.5) is 5.82 Å². The van der Waals surface area contributed by atoms with Crippen molar-refractivity contribution < 1.29 is 4.79 Å². The SMILES string of the molecule is CC(=O)N1CCc2nc(N)c(C#N)c(-c3c(C)ccc4ncccc34)c2C1.